The lowest BCUT2D eigenvalue weighted by Crippen LogP contribution is -2.10. The number of benzene rings is 1. The van der Waals surface area contributed by atoms with Gasteiger partial charge >= 0.3 is 0 Å². The normalized spacial score (nSPS) is 13.6. The van der Waals surface area contributed by atoms with Crippen molar-refractivity contribution in [3.05, 3.63) is 30.3 Å². The van der Waals surface area contributed by atoms with Crippen LogP contribution in [0.3, 0.4) is 0 Å². The first-order valence-corrected chi connectivity index (χ1v) is 6.50. The van der Waals surface area contributed by atoms with Crippen molar-refractivity contribution >= 4 is 13.9 Å². The van der Waals surface area contributed by atoms with Gasteiger partial charge in [0, 0.05) is 0 Å². The number of aliphatic hydroxyl groups excluding tert-OH is 1. The zero-order chi connectivity index (χ0) is 10.2. The molecule has 1 aromatic carbocycles. The molecule has 2 heteroatoms. The summed E-state index contributed by atoms with van der Waals surface area (Å²) in [6, 6.07) is 10.4. The molecule has 0 amide bonds. The highest BCUT2D eigenvalue weighted by atomic mass is 31.1. The molecule has 2 unspecified atom stereocenters. The fraction of sp³-hybridized carbons (Fsp3) is 0.500. The molecule has 0 heterocycles. The number of hydrogen-bond acceptors (Lipinski definition) is 1. The largest absolute Gasteiger partial charge is 0.393 e. The smallest absolute Gasteiger partial charge is 0.0580 e. The van der Waals surface area contributed by atoms with Gasteiger partial charge in [-0.25, -0.2) is 0 Å². The van der Waals surface area contributed by atoms with Crippen LogP contribution in [0.1, 0.15) is 26.2 Å². The first-order valence-electron chi connectivity index (χ1n) is 5.30. The Morgan fingerprint density at radius 3 is 2.64 bits per heavy atom. The van der Waals surface area contributed by atoms with E-state index in [4.69, 9.17) is 0 Å². The molecule has 78 valence electrons. The number of rotatable bonds is 6. The fourth-order valence-corrected chi connectivity index (χ4v) is 2.44. The molecule has 0 saturated carbocycles. The SMILES string of the molecule is CCCCC(O)CPc1ccccc1. The fourth-order valence-electron chi connectivity index (χ4n) is 1.33. The van der Waals surface area contributed by atoms with Crippen LogP contribution in [0.5, 0.6) is 0 Å². The summed E-state index contributed by atoms with van der Waals surface area (Å²) in [6.07, 6.45) is 4.08. The van der Waals surface area contributed by atoms with Crippen molar-refractivity contribution in [3.63, 3.8) is 0 Å². The Morgan fingerprint density at radius 2 is 2.00 bits per heavy atom. The Morgan fingerprint density at radius 1 is 1.29 bits per heavy atom. The lowest BCUT2D eigenvalue weighted by molar-refractivity contribution is 0.185. The first-order chi connectivity index (χ1) is 6.83. The summed E-state index contributed by atoms with van der Waals surface area (Å²) in [6.45, 7) is 2.16. The molecule has 0 spiro atoms. The monoisotopic (exact) mass is 210 g/mol. The van der Waals surface area contributed by atoms with Gasteiger partial charge < -0.3 is 5.11 Å². The van der Waals surface area contributed by atoms with E-state index in [2.05, 4.69) is 31.2 Å². The third-order valence-corrected chi connectivity index (χ3v) is 3.62. The highest BCUT2D eigenvalue weighted by Crippen LogP contribution is 2.14. The van der Waals surface area contributed by atoms with Crippen LogP contribution in [0.2, 0.25) is 0 Å². The summed E-state index contributed by atoms with van der Waals surface area (Å²) in [4.78, 5) is 0. The molecule has 1 nitrogen and oxygen atoms in total. The highest BCUT2D eigenvalue weighted by molar-refractivity contribution is 7.47. The van der Waals surface area contributed by atoms with Gasteiger partial charge in [-0.3, -0.25) is 0 Å². The van der Waals surface area contributed by atoms with Gasteiger partial charge in [0.25, 0.3) is 0 Å². The van der Waals surface area contributed by atoms with Crippen LogP contribution in [0, 0.1) is 0 Å². The molecule has 0 fully saturated rings. The van der Waals surface area contributed by atoms with E-state index in [1.165, 1.54) is 11.7 Å². The maximum atomic E-state index is 9.65. The number of hydrogen-bond donors (Lipinski definition) is 1. The van der Waals surface area contributed by atoms with Crippen molar-refractivity contribution in [1.29, 1.82) is 0 Å². The van der Waals surface area contributed by atoms with Gasteiger partial charge in [0.1, 0.15) is 0 Å². The molecule has 0 aliphatic heterocycles. The second-order valence-electron chi connectivity index (χ2n) is 3.54. The van der Waals surface area contributed by atoms with Crippen LogP contribution in [0.4, 0.5) is 0 Å². The van der Waals surface area contributed by atoms with E-state index in [-0.39, 0.29) is 6.10 Å². The second-order valence-corrected chi connectivity index (χ2v) is 4.88. The summed E-state index contributed by atoms with van der Waals surface area (Å²) < 4.78 is 0. The van der Waals surface area contributed by atoms with E-state index in [9.17, 15) is 5.11 Å². The Bertz CT molecular complexity index is 235. The van der Waals surface area contributed by atoms with Crippen molar-refractivity contribution in [2.75, 3.05) is 6.16 Å². The van der Waals surface area contributed by atoms with Crippen LogP contribution >= 0.6 is 8.58 Å². The molecule has 0 bridgehead atoms. The zero-order valence-electron chi connectivity index (χ0n) is 8.74. The van der Waals surface area contributed by atoms with Crippen LogP contribution < -0.4 is 5.30 Å². The maximum Gasteiger partial charge on any atom is 0.0580 e. The Kier molecular flexibility index (Phi) is 5.82. The summed E-state index contributed by atoms with van der Waals surface area (Å²) in [5.74, 6) is 0. The van der Waals surface area contributed by atoms with Crippen molar-refractivity contribution in [2.24, 2.45) is 0 Å². The van der Waals surface area contributed by atoms with Gasteiger partial charge in [-0.05, 0) is 17.9 Å². The molecule has 1 rings (SSSR count). The van der Waals surface area contributed by atoms with Gasteiger partial charge in [0.05, 0.1) is 6.10 Å². The second kappa shape index (κ2) is 6.98. The summed E-state index contributed by atoms with van der Waals surface area (Å²) in [5, 5.41) is 11.0. The summed E-state index contributed by atoms with van der Waals surface area (Å²) >= 11 is 0. The molecular formula is C12H19OP. The lowest BCUT2D eigenvalue weighted by atomic mass is 10.2. The van der Waals surface area contributed by atoms with Crippen molar-refractivity contribution in [3.8, 4) is 0 Å². The van der Waals surface area contributed by atoms with E-state index in [1.807, 2.05) is 6.07 Å². The molecule has 0 aliphatic carbocycles. The number of aliphatic hydroxyl groups is 1. The average Bonchev–Trinajstić information content (AvgIpc) is 2.25. The van der Waals surface area contributed by atoms with E-state index in [1.54, 1.807) is 0 Å². The van der Waals surface area contributed by atoms with Crippen molar-refractivity contribution < 1.29 is 5.11 Å². The van der Waals surface area contributed by atoms with E-state index in [0.29, 0.717) is 0 Å². The van der Waals surface area contributed by atoms with Gasteiger partial charge in [0.2, 0.25) is 0 Å². The standard InChI is InChI=1S/C12H19OP/c1-2-3-7-11(13)10-14-12-8-5-4-6-9-12/h4-6,8-9,11,13-14H,2-3,7,10H2,1H3. The predicted molar refractivity (Wildman–Crippen MR) is 64.8 cm³/mol. The van der Waals surface area contributed by atoms with Gasteiger partial charge in [-0.2, -0.15) is 0 Å². The molecule has 0 aromatic heterocycles. The van der Waals surface area contributed by atoms with Crippen LogP contribution in [0.15, 0.2) is 30.3 Å². The summed E-state index contributed by atoms with van der Waals surface area (Å²) in [5.41, 5.74) is 0. The lowest BCUT2D eigenvalue weighted by Gasteiger charge is -2.09. The van der Waals surface area contributed by atoms with Crippen molar-refractivity contribution in [2.45, 2.75) is 32.3 Å². The van der Waals surface area contributed by atoms with Crippen LogP contribution in [0.25, 0.3) is 0 Å². The Labute approximate surface area is 88.3 Å². The van der Waals surface area contributed by atoms with Gasteiger partial charge in [-0.1, -0.05) is 58.7 Å². The van der Waals surface area contributed by atoms with Crippen molar-refractivity contribution in [1.82, 2.24) is 0 Å². The number of unbranched alkanes of at least 4 members (excludes halogenated alkanes) is 1. The van der Waals surface area contributed by atoms with E-state index in [0.717, 1.165) is 27.6 Å². The molecular weight excluding hydrogens is 191 g/mol. The summed E-state index contributed by atoms with van der Waals surface area (Å²) in [7, 11) is 0.746. The molecule has 0 aliphatic rings. The molecule has 0 radical (unpaired) electrons. The minimum atomic E-state index is -0.103. The minimum Gasteiger partial charge on any atom is -0.393 e. The molecule has 1 N–H and O–H groups in total. The third-order valence-electron chi connectivity index (χ3n) is 2.21. The van der Waals surface area contributed by atoms with Crippen LogP contribution in [-0.4, -0.2) is 17.4 Å². The van der Waals surface area contributed by atoms with E-state index >= 15 is 0 Å². The topological polar surface area (TPSA) is 20.2 Å². The average molecular weight is 210 g/mol. The van der Waals surface area contributed by atoms with Gasteiger partial charge in [-0.15, -0.1) is 0 Å². The third kappa shape index (κ3) is 4.74. The highest BCUT2D eigenvalue weighted by Gasteiger charge is 2.02. The first kappa shape index (κ1) is 11.7. The quantitative estimate of drug-likeness (QED) is 0.715. The van der Waals surface area contributed by atoms with Gasteiger partial charge in [0.15, 0.2) is 0 Å². The Balaban J connectivity index is 2.20. The van der Waals surface area contributed by atoms with E-state index < -0.39 is 0 Å². The van der Waals surface area contributed by atoms with Crippen LogP contribution in [-0.2, 0) is 0 Å². The predicted octanol–water partition coefficient (Wildman–Crippen LogP) is 2.54. The minimum absolute atomic E-state index is 0.103. The molecule has 1 aromatic rings. The Hall–Kier alpha value is -0.390. The molecule has 0 saturated heterocycles. The zero-order valence-corrected chi connectivity index (χ0v) is 9.74. The molecule has 2 atom stereocenters. The maximum absolute atomic E-state index is 9.65. The molecule has 14 heavy (non-hydrogen) atoms.